The van der Waals surface area contributed by atoms with Crippen LogP contribution in [-0.2, 0) is 0 Å². The number of aryl methyl sites for hydroxylation is 1. The SMILES string of the molecule is C#CC(C)(C)N=C(Nc1ccc(Cl)cc1C)SC. The third-order valence-electron chi connectivity index (χ3n) is 2.36. The van der Waals surface area contributed by atoms with Crippen molar-refractivity contribution in [3.05, 3.63) is 28.8 Å². The van der Waals surface area contributed by atoms with Crippen LogP contribution in [0.1, 0.15) is 19.4 Å². The number of amidine groups is 1. The van der Waals surface area contributed by atoms with E-state index in [1.807, 2.05) is 45.2 Å². The molecule has 0 heterocycles. The molecule has 0 bridgehead atoms. The molecule has 1 aromatic carbocycles. The van der Waals surface area contributed by atoms with Crippen LogP contribution in [0.2, 0.25) is 5.02 Å². The number of thioether (sulfide) groups is 1. The fourth-order valence-corrected chi connectivity index (χ4v) is 2.05. The van der Waals surface area contributed by atoms with Crippen LogP contribution in [0.25, 0.3) is 0 Å². The summed E-state index contributed by atoms with van der Waals surface area (Å²) in [5.41, 5.74) is 1.55. The zero-order valence-corrected chi connectivity index (χ0v) is 12.6. The Morgan fingerprint density at radius 2 is 2.17 bits per heavy atom. The number of halogens is 1. The van der Waals surface area contributed by atoms with Crippen LogP contribution in [-0.4, -0.2) is 17.0 Å². The molecule has 0 fully saturated rings. The average Bonchev–Trinajstić information content (AvgIpc) is 2.31. The van der Waals surface area contributed by atoms with Gasteiger partial charge in [0.2, 0.25) is 0 Å². The van der Waals surface area contributed by atoms with Gasteiger partial charge in [-0.2, -0.15) is 0 Å². The molecule has 0 aromatic heterocycles. The molecule has 0 aliphatic carbocycles. The zero-order valence-electron chi connectivity index (χ0n) is 11.0. The lowest BCUT2D eigenvalue weighted by molar-refractivity contribution is 0.687. The number of aliphatic imine (C=N–C) groups is 1. The smallest absolute Gasteiger partial charge is 0.162 e. The molecule has 0 saturated heterocycles. The van der Waals surface area contributed by atoms with Gasteiger partial charge in [0.05, 0.1) is 0 Å². The number of terminal acetylenes is 1. The molecule has 1 rings (SSSR count). The molecular weight excluding hydrogens is 264 g/mol. The van der Waals surface area contributed by atoms with Gasteiger partial charge in [0.1, 0.15) is 5.54 Å². The van der Waals surface area contributed by atoms with Gasteiger partial charge in [-0.25, -0.2) is 4.99 Å². The second-order valence-corrected chi connectivity index (χ2v) is 5.64. The number of hydrogen-bond acceptors (Lipinski definition) is 2. The minimum absolute atomic E-state index is 0.508. The van der Waals surface area contributed by atoms with Crippen LogP contribution in [0.5, 0.6) is 0 Å². The summed E-state index contributed by atoms with van der Waals surface area (Å²) in [5, 5.41) is 4.79. The lowest BCUT2D eigenvalue weighted by Gasteiger charge is -2.16. The molecule has 0 unspecified atom stereocenters. The maximum Gasteiger partial charge on any atom is 0.162 e. The number of benzene rings is 1. The van der Waals surface area contributed by atoms with Crippen molar-refractivity contribution in [2.24, 2.45) is 4.99 Å². The van der Waals surface area contributed by atoms with Crippen LogP contribution in [0.4, 0.5) is 5.69 Å². The summed E-state index contributed by atoms with van der Waals surface area (Å²) in [6, 6.07) is 5.70. The van der Waals surface area contributed by atoms with Crippen molar-refractivity contribution in [3.8, 4) is 12.3 Å². The third kappa shape index (κ3) is 4.29. The highest BCUT2D eigenvalue weighted by atomic mass is 35.5. The van der Waals surface area contributed by atoms with E-state index in [-0.39, 0.29) is 0 Å². The molecule has 0 amide bonds. The molecule has 96 valence electrons. The molecule has 1 aromatic rings. The van der Waals surface area contributed by atoms with Gasteiger partial charge < -0.3 is 5.32 Å². The first-order chi connectivity index (χ1) is 8.38. The Morgan fingerprint density at radius 1 is 1.50 bits per heavy atom. The molecule has 4 heteroatoms. The third-order valence-corrected chi connectivity index (χ3v) is 3.17. The highest BCUT2D eigenvalue weighted by Crippen LogP contribution is 2.21. The minimum atomic E-state index is -0.508. The van der Waals surface area contributed by atoms with Crippen LogP contribution < -0.4 is 5.32 Å². The number of rotatable bonds is 2. The monoisotopic (exact) mass is 280 g/mol. The van der Waals surface area contributed by atoms with Crippen molar-refractivity contribution in [1.82, 2.24) is 0 Å². The summed E-state index contributed by atoms with van der Waals surface area (Å²) in [5.74, 6) is 2.65. The largest absolute Gasteiger partial charge is 0.335 e. The van der Waals surface area contributed by atoms with Gasteiger partial charge in [0, 0.05) is 10.7 Å². The Labute approximate surface area is 118 Å². The maximum atomic E-state index is 5.93. The normalized spacial score (nSPS) is 12.1. The van der Waals surface area contributed by atoms with Crippen molar-refractivity contribution in [2.45, 2.75) is 26.3 Å². The number of nitrogens with one attached hydrogen (secondary N) is 1. The highest BCUT2D eigenvalue weighted by molar-refractivity contribution is 8.13. The highest BCUT2D eigenvalue weighted by Gasteiger charge is 2.13. The van der Waals surface area contributed by atoms with Gasteiger partial charge in [0.15, 0.2) is 5.17 Å². The second kappa shape index (κ2) is 6.17. The summed E-state index contributed by atoms with van der Waals surface area (Å²) in [6.45, 7) is 5.80. The van der Waals surface area contributed by atoms with E-state index in [9.17, 15) is 0 Å². The molecule has 18 heavy (non-hydrogen) atoms. The summed E-state index contributed by atoms with van der Waals surface area (Å²) in [4.78, 5) is 4.50. The van der Waals surface area contributed by atoms with E-state index in [1.54, 1.807) is 0 Å². The molecule has 0 saturated carbocycles. The predicted molar refractivity (Wildman–Crippen MR) is 83.7 cm³/mol. The Balaban J connectivity index is 2.97. The first-order valence-corrected chi connectivity index (χ1v) is 7.13. The molecular formula is C14H17ClN2S. The molecule has 0 aliphatic rings. The van der Waals surface area contributed by atoms with E-state index >= 15 is 0 Å². The Morgan fingerprint density at radius 3 is 2.67 bits per heavy atom. The fourth-order valence-electron chi connectivity index (χ4n) is 1.29. The summed E-state index contributed by atoms with van der Waals surface area (Å²) in [6.07, 6.45) is 7.40. The molecule has 0 aliphatic heterocycles. The van der Waals surface area contributed by atoms with Crippen molar-refractivity contribution >= 4 is 34.2 Å². The maximum absolute atomic E-state index is 5.93. The lowest BCUT2D eigenvalue weighted by atomic mass is 10.1. The first-order valence-electron chi connectivity index (χ1n) is 5.53. The molecule has 1 N–H and O–H groups in total. The summed E-state index contributed by atoms with van der Waals surface area (Å²) >= 11 is 7.46. The predicted octanol–water partition coefficient (Wildman–Crippen LogP) is 4.19. The number of anilines is 1. The topological polar surface area (TPSA) is 24.4 Å². The van der Waals surface area contributed by atoms with Crippen LogP contribution in [0.3, 0.4) is 0 Å². The van der Waals surface area contributed by atoms with Crippen molar-refractivity contribution < 1.29 is 0 Å². The number of nitrogens with zero attached hydrogens (tertiary/aromatic N) is 1. The molecule has 2 nitrogen and oxygen atoms in total. The van der Waals surface area contributed by atoms with Gasteiger partial charge in [0.25, 0.3) is 0 Å². The lowest BCUT2D eigenvalue weighted by Crippen LogP contribution is -2.19. The van der Waals surface area contributed by atoms with Crippen molar-refractivity contribution in [1.29, 1.82) is 0 Å². The van der Waals surface area contributed by atoms with Crippen molar-refractivity contribution in [3.63, 3.8) is 0 Å². The molecule has 0 spiro atoms. The van der Waals surface area contributed by atoms with Gasteiger partial charge in [-0.05, 0) is 50.8 Å². The standard InChI is InChI=1S/C14H17ClN2S/c1-6-14(3,4)17-13(18-5)16-12-8-7-11(15)9-10(12)2/h1,7-9H,2-5H3,(H,16,17). The van der Waals surface area contributed by atoms with Gasteiger partial charge in [-0.15, -0.1) is 6.42 Å². The van der Waals surface area contributed by atoms with Gasteiger partial charge >= 0.3 is 0 Å². The van der Waals surface area contributed by atoms with E-state index in [0.717, 1.165) is 21.4 Å². The van der Waals surface area contributed by atoms with E-state index in [4.69, 9.17) is 18.0 Å². The second-order valence-electron chi connectivity index (χ2n) is 4.41. The van der Waals surface area contributed by atoms with Crippen LogP contribution in [0.15, 0.2) is 23.2 Å². The Hall–Kier alpha value is -1.11. The average molecular weight is 281 g/mol. The fraction of sp³-hybridized carbons (Fsp3) is 0.357. The Bertz CT molecular complexity index is 501. The van der Waals surface area contributed by atoms with Crippen LogP contribution >= 0.6 is 23.4 Å². The van der Waals surface area contributed by atoms with Crippen LogP contribution in [0, 0.1) is 19.3 Å². The molecule has 0 atom stereocenters. The zero-order chi connectivity index (χ0) is 13.8. The van der Waals surface area contributed by atoms with Gasteiger partial charge in [-0.3, -0.25) is 0 Å². The van der Waals surface area contributed by atoms with Crippen molar-refractivity contribution in [2.75, 3.05) is 11.6 Å². The van der Waals surface area contributed by atoms with Gasteiger partial charge in [-0.1, -0.05) is 29.3 Å². The summed E-state index contributed by atoms with van der Waals surface area (Å²) < 4.78 is 0. The van der Waals surface area contributed by atoms with E-state index in [0.29, 0.717) is 0 Å². The Kier molecular flexibility index (Phi) is 5.13. The quantitative estimate of drug-likeness (QED) is 0.499. The molecule has 0 radical (unpaired) electrons. The number of hydrogen-bond donors (Lipinski definition) is 1. The van der Waals surface area contributed by atoms with E-state index in [1.165, 1.54) is 11.8 Å². The summed E-state index contributed by atoms with van der Waals surface area (Å²) in [7, 11) is 0. The van der Waals surface area contributed by atoms with E-state index < -0.39 is 5.54 Å². The van der Waals surface area contributed by atoms with E-state index in [2.05, 4.69) is 16.2 Å². The minimum Gasteiger partial charge on any atom is -0.335 e. The first kappa shape index (κ1) is 14.9.